The Morgan fingerprint density at radius 2 is 2.21 bits per heavy atom. The van der Waals surface area contributed by atoms with Gasteiger partial charge in [-0.25, -0.2) is 0 Å². The van der Waals surface area contributed by atoms with Crippen molar-refractivity contribution in [1.82, 2.24) is 10.2 Å². The van der Waals surface area contributed by atoms with Gasteiger partial charge in [-0.2, -0.15) is 0 Å². The molecule has 0 bridgehead atoms. The lowest BCUT2D eigenvalue weighted by Gasteiger charge is -2.42. The SMILES string of the molecule is CCC1CCCCN1C(C)CC(C)(NC)C(=O)OC. The summed E-state index contributed by atoms with van der Waals surface area (Å²) in [5, 5.41) is 3.13. The minimum absolute atomic E-state index is 0.174. The second-order valence-corrected chi connectivity index (χ2v) is 5.92. The van der Waals surface area contributed by atoms with Gasteiger partial charge < -0.3 is 10.1 Å². The number of carbonyl (C=O) groups excluding carboxylic acids is 1. The summed E-state index contributed by atoms with van der Waals surface area (Å²) >= 11 is 0. The number of nitrogens with one attached hydrogen (secondary N) is 1. The molecule has 0 radical (unpaired) electrons. The second kappa shape index (κ2) is 7.25. The van der Waals surface area contributed by atoms with E-state index in [2.05, 4.69) is 24.1 Å². The highest BCUT2D eigenvalue weighted by Gasteiger charge is 2.37. The van der Waals surface area contributed by atoms with E-state index in [0.717, 1.165) is 13.0 Å². The minimum atomic E-state index is -0.593. The van der Waals surface area contributed by atoms with Crippen molar-refractivity contribution in [3.8, 4) is 0 Å². The van der Waals surface area contributed by atoms with Gasteiger partial charge in [0.05, 0.1) is 7.11 Å². The molecule has 0 aromatic rings. The Morgan fingerprint density at radius 3 is 2.74 bits per heavy atom. The molecule has 19 heavy (non-hydrogen) atoms. The van der Waals surface area contributed by atoms with Crippen LogP contribution in [0.5, 0.6) is 0 Å². The van der Waals surface area contributed by atoms with Crippen LogP contribution in [0.15, 0.2) is 0 Å². The number of likely N-dealkylation sites (tertiary alicyclic amines) is 1. The first-order valence-corrected chi connectivity index (χ1v) is 7.51. The highest BCUT2D eigenvalue weighted by Crippen LogP contribution is 2.26. The number of methoxy groups -OCH3 is 1. The standard InChI is InChI=1S/C15H30N2O2/c1-6-13-9-7-8-10-17(13)12(2)11-15(3,16-4)14(18)19-5/h12-13,16H,6-11H2,1-5H3. The highest BCUT2D eigenvalue weighted by atomic mass is 16.5. The number of likely N-dealkylation sites (N-methyl/N-ethyl adjacent to an activating group) is 1. The number of ether oxygens (including phenoxy) is 1. The van der Waals surface area contributed by atoms with Crippen LogP contribution < -0.4 is 5.32 Å². The maximum absolute atomic E-state index is 11.9. The summed E-state index contributed by atoms with van der Waals surface area (Å²) in [5.74, 6) is -0.174. The van der Waals surface area contributed by atoms with Crippen molar-refractivity contribution in [2.24, 2.45) is 0 Å². The van der Waals surface area contributed by atoms with E-state index in [-0.39, 0.29) is 5.97 Å². The molecule has 0 aliphatic carbocycles. The molecule has 3 atom stereocenters. The first kappa shape index (κ1) is 16.4. The van der Waals surface area contributed by atoms with Gasteiger partial charge in [-0.3, -0.25) is 9.69 Å². The maximum Gasteiger partial charge on any atom is 0.325 e. The predicted molar refractivity (Wildman–Crippen MR) is 78.2 cm³/mol. The van der Waals surface area contributed by atoms with Crippen LogP contribution in [0, 0.1) is 0 Å². The molecular formula is C15H30N2O2. The summed E-state index contributed by atoms with van der Waals surface area (Å²) in [6, 6.07) is 1.06. The monoisotopic (exact) mass is 270 g/mol. The topological polar surface area (TPSA) is 41.6 Å². The van der Waals surface area contributed by atoms with Crippen LogP contribution in [0.2, 0.25) is 0 Å². The minimum Gasteiger partial charge on any atom is -0.468 e. The van der Waals surface area contributed by atoms with Crippen molar-refractivity contribution < 1.29 is 9.53 Å². The van der Waals surface area contributed by atoms with Crippen molar-refractivity contribution in [2.45, 2.75) is 70.5 Å². The third-order valence-corrected chi connectivity index (χ3v) is 4.60. The van der Waals surface area contributed by atoms with Gasteiger partial charge in [0.25, 0.3) is 0 Å². The first-order valence-electron chi connectivity index (χ1n) is 7.51. The van der Waals surface area contributed by atoms with Crippen molar-refractivity contribution >= 4 is 5.97 Å². The maximum atomic E-state index is 11.9. The van der Waals surface area contributed by atoms with Gasteiger partial charge in [-0.1, -0.05) is 13.3 Å². The third kappa shape index (κ3) is 3.93. The summed E-state index contributed by atoms with van der Waals surface area (Å²) in [4.78, 5) is 14.5. The lowest BCUT2D eigenvalue weighted by atomic mass is 9.90. The summed E-state index contributed by atoms with van der Waals surface area (Å²) in [6.07, 6.45) is 5.87. The molecular weight excluding hydrogens is 240 g/mol. The van der Waals surface area contributed by atoms with Gasteiger partial charge in [0.2, 0.25) is 0 Å². The van der Waals surface area contributed by atoms with Gasteiger partial charge in [0, 0.05) is 12.1 Å². The molecule has 0 spiro atoms. The zero-order valence-electron chi connectivity index (χ0n) is 13.2. The quantitative estimate of drug-likeness (QED) is 0.751. The zero-order chi connectivity index (χ0) is 14.5. The lowest BCUT2D eigenvalue weighted by Crippen LogP contribution is -2.54. The molecule has 0 aromatic heterocycles. The fraction of sp³-hybridized carbons (Fsp3) is 0.933. The molecule has 112 valence electrons. The van der Waals surface area contributed by atoms with Gasteiger partial charge in [-0.15, -0.1) is 0 Å². The fourth-order valence-corrected chi connectivity index (χ4v) is 3.26. The van der Waals surface area contributed by atoms with Crippen LogP contribution in [-0.2, 0) is 9.53 Å². The summed E-state index contributed by atoms with van der Waals surface area (Å²) < 4.78 is 4.93. The van der Waals surface area contributed by atoms with Gasteiger partial charge in [0.15, 0.2) is 0 Å². The molecule has 4 nitrogen and oxygen atoms in total. The molecule has 1 aliphatic heterocycles. The average Bonchev–Trinajstić information content (AvgIpc) is 2.45. The van der Waals surface area contributed by atoms with E-state index >= 15 is 0 Å². The summed E-state index contributed by atoms with van der Waals surface area (Å²) in [7, 11) is 3.29. The van der Waals surface area contributed by atoms with Gasteiger partial charge in [0.1, 0.15) is 5.54 Å². The Kier molecular flexibility index (Phi) is 6.27. The lowest BCUT2D eigenvalue weighted by molar-refractivity contribution is -0.148. The first-order chi connectivity index (χ1) is 8.98. The molecule has 1 aliphatic rings. The summed E-state index contributed by atoms with van der Waals surface area (Å²) in [6.45, 7) is 7.57. The molecule has 0 amide bonds. The van der Waals surface area contributed by atoms with Crippen molar-refractivity contribution in [3.63, 3.8) is 0 Å². The van der Waals surface area contributed by atoms with Crippen LogP contribution in [-0.4, -0.2) is 49.2 Å². The van der Waals surface area contributed by atoms with Crippen molar-refractivity contribution in [3.05, 3.63) is 0 Å². The predicted octanol–water partition coefficient (Wildman–Crippen LogP) is 2.18. The van der Waals surface area contributed by atoms with Crippen LogP contribution in [0.3, 0.4) is 0 Å². The number of hydrogen-bond donors (Lipinski definition) is 1. The number of esters is 1. The van der Waals surface area contributed by atoms with E-state index < -0.39 is 5.54 Å². The number of hydrogen-bond acceptors (Lipinski definition) is 4. The molecule has 3 unspecified atom stereocenters. The van der Waals surface area contributed by atoms with Crippen molar-refractivity contribution in [1.29, 1.82) is 0 Å². The largest absolute Gasteiger partial charge is 0.468 e. The van der Waals surface area contributed by atoms with Crippen LogP contribution in [0.1, 0.15) is 52.9 Å². The second-order valence-electron chi connectivity index (χ2n) is 5.92. The number of rotatable bonds is 6. The molecule has 1 rings (SSSR count). The molecule has 1 saturated heterocycles. The Morgan fingerprint density at radius 1 is 1.53 bits per heavy atom. The Hall–Kier alpha value is -0.610. The van der Waals surface area contributed by atoms with Gasteiger partial charge in [-0.05, 0) is 53.1 Å². The smallest absolute Gasteiger partial charge is 0.325 e. The Labute approximate surface area is 117 Å². The Bertz CT molecular complexity index is 296. The Balaban J connectivity index is 2.70. The van der Waals surface area contributed by atoms with E-state index in [9.17, 15) is 4.79 Å². The van der Waals surface area contributed by atoms with Crippen LogP contribution in [0.25, 0.3) is 0 Å². The number of piperidine rings is 1. The van der Waals surface area contributed by atoms with Gasteiger partial charge >= 0.3 is 5.97 Å². The zero-order valence-corrected chi connectivity index (χ0v) is 13.2. The average molecular weight is 270 g/mol. The molecule has 4 heteroatoms. The molecule has 1 fully saturated rings. The molecule has 1 N–H and O–H groups in total. The molecule has 0 saturated carbocycles. The number of nitrogens with zero attached hydrogens (tertiary/aromatic N) is 1. The van der Waals surface area contributed by atoms with E-state index in [1.54, 1.807) is 0 Å². The fourth-order valence-electron chi connectivity index (χ4n) is 3.26. The van der Waals surface area contributed by atoms with E-state index in [1.165, 1.54) is 32.8 Å². The normalized spacial score (nSPS) is 25.6. The van der Waals surface area contributed by atoms with E-state index in [0.29, 0.717) is 12.1 Å². The van der Waals surface area contributed by atoms with Crippen LogP contribution >= 0.6 is 0 Å². The molecule has 1 heterocycles. The highest BCUT2D eigenvalue weighted by molar-refractivity contribution is 5.80. The third-order valence-electron chi connectivity index (χ3n) is 4.60. The van der Waals surface area contributed by atoms with Crippen molar-refractivity contribution in [2.75, 3.05) is 20.7 Å². The number of carbonyl (C=O) groups is 1. The van der Waals surface area contributed by atoms with E-state index in [4.69, 9.17) is 4.74 Å². The summed E-state index contributed by atoms with van der Waals surface area (Å²) in [5.41, 5.74) is -0.593. The molecule has 0 aromatic carbocycles. The van der Waals surface area contributed by atoms with E-state index in [1.807, 2.05) is 14.0 Å². The van der Waals surface area contributed by atoms with Crippen LogP contribution in [0.4, 0.5) is 0 Å².